The number of methoxy groups -OCH3 is 1. The normalized spacial score (nSPS) is 10.4. The van der Waals surface area contributed by atoms with Crippen molar-refractivity contribution in [1.82, 2.24) is 10.3 Å². The Labute approximate surface area is 165 Å². The SMILES string of the molecule is COC(=O)CNC(=O)c1cccc(Nc2nc(-c3ccc(F)cc3)c(C)s2)c1. The van der Waals surface area contributed by atoms with Crippen molar-refractivity contribution in [3.05, 3.63) is 64.8 Å². The Hall–Kier alpha value is -3.26. The van der Waals surface area contributed by atoms with E-state index in [1.54, 1.807) is 30.3 Å². The van der Waals surface area contributed by atoms with Gasteiger partial charge >= 0.3 is 5.97 Å². The maximum Gasteiger partial charge on any atom is 0.325 e. The summed E-state index contributed by atoms with van der Waals surface area (Å²) in [6.07, 6.45) is 0. The van der Waals surface area contributed by atoms with Crippen molar-refractivity contribution in [3.63, 3.8) is 0 Å². The molecule has 144 valence electrons. The highest BCUT2D eigenvalue weighted by Crippen LogP contribution is 2.32. The fraction of sp³-hybridized carbons (Fsp3) is 0.150. The van der Waals surface area contributed by atoms with Gasteiger partial charge in [-0.3, -0.25) is 9.59 Å². The lowest BCUT2D eigenvalue weighted by Gasteiger charge is -2.07. The summed E-state index contributed by atoms with van der Waals surface area (Å²) in [5, 5.41) is 6.33. The molecule has 0 fully saturated rings. The van der Waals surface area contributed by atoms with Crippen LogP contribution < -0.4 is 10.6 Å². The molecule has 3 aromatic rings. The third kappa shape index (κ3) is 4.72. The quantitative estimate of drug-likeness (QED) is 0.615. The van der Waals surface area contributed by atoms with Crippen LogP contribution in [0.25, 0.3) is 11.3 Å². The number of hydrogen-bond acceptors (Lipinski definition) is 6. The topological polar surface area (TPSA) is 80.3 Å². The van der Waals surface area contributed by atoms with Crippen molar-refractivity contribution in [3.8, 4) is 11.3 Å². The summed E-state index contributed by atoms with van der Waals surface area (Å²) in [7, 11) is 1.26. The molecule has 1 aromatic heterocycles. The summed E-state index contributed by atoms with van der Waals surface area (Å²) < 4.78 is 17.6. The maximum absolute atomic E-state index is 13.1. The number of rotatable bonds is 6. The predicted octanol–water partition coefficient (Wildman–Crippen LogP) is 3.90. The van der Waals surface area contributed by atoms with Gasteiger partial charge in [-0.15, -0.1) is 11.3 Å². The molecule has 0 aliphatic heterocycles. The summed E-state index contributed by atoms with van der Waals surface area (Å²) in [4.78, 5) is 28.9. The van der Waals surface area contributed by atoms with Crippen LogP contribution in [0.2, 0.25) is 0 Å². The van der Waals surface area contributed by atoms with Crippen molar-refractivity contribution in [2.24, 2.45) is 0 Å². The maximum atomic E-state index is 13.1. The van der Waals surface area contributed by atoms with Crippen LogP contribution in [0.1, 0.15) is 15.2 Å². The van der Waals surface area contributed by atoms with Crippen molar-refractivity contribution >= 4 is 34.0 Å². The molecule has 0 aliphatic carbocycles. The number of benzene rings is 2. The van der Waals surface area contributed by atoms with E-state index < -0.39 is 5.97 Å². The van der Waals surface area contributed by atoms with Crippen LogP contribution in [0.3, 0.4) is 0 Å². The molecule has 6 nitrogen and oxygen atoms in total. The Balaban J connectivity index is 1.74. The molecule has 0 spiro atoms. The first-order valence-electron chi connectivity index (χ1n) is 8.41. The first kappa shape index (κ1) is 19.5. The van der Waals surface area contributed by atoms with E-state index in [-0.39, 0.29) is 18.3 Å². The van der Waals surface area contributed by atoms with Gasteiger partial charge in [-0.2, -0.15) is 0 Å². The van der Waals surface area contributed by atoms with Crippen LogP contribution in [0.4, 0.5) is 15.2 Å². The highest BCUT2D eigenvalue weighted by atomic mass is 32.1. The number of aryl methyl sites for hydroxylation is 1. The summed E-state index contributed by atoms with van der Waals surface area (Å²) in [6.45, 7) is 1.75. The summed E-state index contributed by atoms with van der Waals surface area (Å²) >= 11 is 1.46. The van der Waals surface area contributed by atoms with Crippen LogP contribution in [-0.2, 0) is 9.53 Å². The Kier molecular flexibility index (Phi) is 6.00. The second-order valence-corrected chi connectivity index (χ2v) is 7.10. The van der Waals surface area contributed by atoms with Crippen molar-refractivity contribution in [2.45, 2.75) is 6.92 Å². The Morgan fingerprint density at radius 3 is 2.64 bits per heavy atom. The van der Waals surface area contributed by atoms with Gasteiger partial charge in [0.25, 0.3) is 5.91 Å². The van der Waals surface area contributed by atoms with Crippen LogP contribution >= 0.6 is 11.3 Å². The molecular weight excluding hydrogens is 381 g/mol. The molecule has 0 radical (unpaired) electrons. The van der Waals surface area contributed by atoms with E-state index in [4.69, 9.17) is 0 Å². The fourth-order valence-corrected chi connectivity index (χ4v) is 3.37. The molecule has 28 heavy (non-hydrogen) atoms. The number of carbonyl (C=O) groups excluding carboxylic acids is 2. The zero-order valence-corrected chi connectivity index (χ0v) is 16.1. The van der Waals surface area contributed by atoms with Crippen LogP contribution in [0.5, 0.6) is 0 Å². The highest BCUT2D eigenvalue weighted by Gasteiger charge is 2.12. The fourth-order valence-electron chi connectivity index (χ4n) is 2.51. The van der Waals surface area contributed by atoms with Gasteiger partial charge in [0.2, 0.25) is 0 Å². The Morgan fingerprint density at radius 1 is 1.18 bits per heavy atom. The third-order valence-electron chi connectivity index (χ3n) is 3.91. The number of hydrogen-bond donors (Lipinski definition) is 2. The van der Waals surface area contributed by atoms with E-state index in [0.717, 1.165) is 16.1 Å². The van der Waals surface area contributed by atoms with Crippen LogP contribution in [-0.4, -0.2) is 30.5 Å². The van der Waals surface area contributed by atoms with E-state index in [1.807, 2.05) is 13.0 Å². The van der Waals surface area contributed by atoms with E-state index >= 15 is 0 Å². The summed E-state index contributed by atoms with van der Waals surface area (Å²) in [6, 6.07) is 13.0. The molecule has 8 heteroatoms. The first-order valence-corrected chi connectivity index (χ1v) is 9.23. The van der Waals surface area contributed by atoms with E-state index in [0.29, 0.717) is 16.4 Å². The molecule has 2 aromatic carbocycles. The lowest BCUT2D eigenvalue weighted by molar-refractivity contribution is -0.139. The number of thiazole rings is 1. The molecule has 1 heterocycles. The zero-order valence-electron chi connectivity index (χ0n) is 15.3. The number of carbonyl (C=O) groups is 2. The molecule has 0 bridgehead atoms. The zero-order chi connectivity index (χ0) is 20.1. The Bertz CT molecular complexity index is 1000. The molecule has 3 rings (SSSR count). The summed E-state index contributed by atoms with van der Waals surface area (Å²) in [5.41, 5.74) is 2.70. The predicted molar refractivity (Wildman–Crippen MR) is 106 cm³/mol. The average molecular weight is 399 g/mol. The number of aromatic nitrogens is 1. The number of ether oxygens (including phenoxy) is 1. The smallest absolute Gasteiger partial charge is 0.325 e. The largest absolute Gasteiger partial charge is 0.468 e. The monoisotopic (exact) mass is 399 g/mol. The van der Waals surface area contributed by atoms with Gasteiger partial charge in [-0.05, 0) is 49.4 Å². The van der Waals surface area contributed by atoms with Gasteiger partial charge in [-0.1, -0.05) is 6.07 Å². The van der Waals surface area contributed by atoms with E-state index in [9.17, 15) is 14.0 Å². The van der Waals surface area contributed by atoms with E-state index in [1.165, 1.54) is 30.6 Å². The van der Waals surface area contributed by atoms with Crippen molar-refractivity contribution < 1.29 is 18.7 Å². The lowest BCUT2D eigenvalue weighted by atomic mass is 10.1. The van der Waals surface area contributed by atoms with Gasteiger partial charge < -0.3 is 15.4 Å². The number of anilines is 2. The van der Waals surface area contributed by atoms with Crippen LogP contribution in [0, 0.1) is 12.7 Å². The number of nitrogens with one attached hydrogen (secondary N) is 2. The third-order valence-corrected chi connectivity index (χ3v) is 4.80. The Morgan fingerprint density at radius 2 is 1.93 bits per heavy atom. The number of halogens is 1. The molecular formula is C20H18FN3O3S. The first-order chi connectivity index (χ1) is 13.5. The molecule has 0 aliphatic rings. The van der Waals surface area contributed by atoms with Gasteiger partial charge in [0.1, 0.15) is 12.4 Å². The standard InChI is InChI=1S/C20H18FN3O3S/c1-12-18(13-6-8-15(21)9-7-13)24-20(28-12)23-16-5-3-4-14(10-16)19(26)22-11-17(25)27-2/h3-10H,11H2,1-2H3,(H,22,26)(H,23,24). The van der Waals surface area contributed by atoms with Crippen molar-refractivity contribution in [2.75, 3.05) is 19.0 Å². The highest BCUT2D eigenvalue weighted by molar-refractivity contribution is 7.16. The minimum absolute atomic E-state index is 0.195. The lowest BCUT2D eigenvalue weighted by Crippen LogP contribution is -2.30. The molecule has 0 saturated carbocycles. The molecule has 0 atom stereocenters. The molecule has 1 amide bonds. The van der Waals surface area contributed by atoms with Gasteiger partial charge in [0, 0.05) is 21.7 Å². The minimum Gasteiger partial charge on any atom is -0.468 e. The molecule has 2 N–H and O–H groups in total. The number of esters is 1. The second kappa shape index (κ2) is 8.62. The molecule has 0 saturated heterocycles. The number of nitrogens with zero attached hydrogens (tertiary/aromatic N) is 1. The van der Waals surface area contributed by atoms with Gasteiger partial charge in [0.05, 0.1) is 12.8 Å². The van der Waals surface area contributed by atoms with Gasteiger partial charge in [-0.25, -0.2) is 9.37 Å². The van der Waals surface area contributed by atoms with Crippen molar-refractivity contribution in [1.29, 1.82) is 0 Å². The van der Waals surface area contributed by atoms with E-state index in [2.05, 4.69) is 20.4 Å². The second-order valence-electron chi connectivity index (χ2n) is 5.90. The minimum atomic E-state index is -0.519. The average Bonchev–Trinajstić information content (AvgIpc) is 3.06. The summed E-state index contributed by atoms with van der Waals surface area (Å²) in [5.74, 6) is -1.19. The molecule has 0 unspecified atom stereocenters. The number of amides is 1. The van der Waals surface area contributed by atoms with Gasteiger partial charge in [0.15, 0.2) is 5.13 Å². The van der Waals surface area contributed by atoms with Crippen LogP contribution in [0.15, 0.2) is 48.5 Å².